The molecule has 0 spiro atoms. The number of nitrogens with zero attached hydrogens (tertiary/aromatic N) is 3. The first-order valence-electron chi connectivity index (χ1n) is 14.3. The third-order valence-corrected chi connectivity index (χ3v) is 7.91. The van der Waals surface area contributed by atoms with Crippen LogP contribution in [-0.4, -0.2) is 39.6 Å². The standard InChI is InChI=1S/C34H28N6O6S/c1-22(32(42)37-30-21-31(41)39(38-30)26-13-6-3-7-14-26)47-27-18-16-25(17-19-27)35-34(44)28(36-33(43)23-10-4-2-5-11-23)20-24-12-8-9-15-29(24)40(45)46/h2-20,22H,21H2,1H3,(H,35,44)(H,36,43)(H,37,38,42)/b28-20-. The molecular weight excluding hydrogens is 620 g/mol. The van der Waals surface area contributed by atoms with E-state index < -0.39 is 22.0 Å². The van der Waals surface area contributed by atoms with E-state index in [1.807, 2.05) is 6.07 Å². The average molecular weight is 649 g/mol. The number of nitrogens with one attached hydrogen (secondary N) is 3. The lowest BCUT2D eigenvalue weighted by molar-refractivity contribution is -0.385. The van der Waals surface area contributed by atoms with Crippen LogP contribution in [0.15, 0.2) is 125 Å². The Morgan fingerprint density at radius 3 is 2.21 bits per heavy atom. The molecule has 4 aromatic carbocycles. The Bertz CT molecular complexity index is 1880. The molecule has 0 saturated carbocycles. The minimum Gasteiger partial charge on any atom is -0.321 e. The number of rotatable bonds is 10. The fraction of sp³-hybridized carbons (Fsp3) is 0.0882. The molecule has 0 aromatic heterocycles. The van der Waals surface area contributed by atoms with Gasteiger partial charge in [-0.15, -0.1) is 11.8 Å². The van der Waals surface area contributed by atoms with Gasteiger partial charge in [-0.2, -0.15) is 10.1 Å². The van der Waals surface area contributed by atoms with Crippen molar-refractivity contribution in [2.75, 3.05) is 10.3 Å². The van der Waals surface area contributed by atoms with E-state index in [9.17, 15) is 29.3 Å². The lowest BCUT2D eigenvalue weighted by Gasteiger charge is -2.13. The van der Waals surface area contributed by atoms with Gasteiger partial charge in [0.15, 0.2) is 0 Å². The van der Waals surface area contributed by atoms with E-state index in [1.54, 1.807) is 91.9 Å². The van der Waals surface area contributed by atoms with Crippen molar-refractivity contribution in [2.45, 2.75) is 23.5 Å². The van der Waals surface area contributed by atoms with E-state index in [-0.39, 0.29) is 41.0 Å². The zero-order valence-electron chi connectivity index (χ0n) is 25.0. The van der Waals surface area contributed by atoms with Crippen LogP contribution in [0.5, 0.6) is 0 Å². The molecule has 0 saturated heterocycles. The second-order valence-corrected chi connectivity index (χ2v) is 11.6. The number of hydrogen-bond acceptors (Lipinski definition) is 8. The molecule has 13 heteroatoms. The van der Waals surface area contributed by atoms with E-state index in [0.717, 1.165) is 4.90 Å². The van der Waals surface area contributed by atoms with Gasteiger partial charge in [-0.3, -0.25) is 29.3 Å². The van der Waals surface area contributed by atoms with Crippen LogP contribution in [0.3, 0.4) is 0 Å². The maximum atomic E-state index is 13.4. The third kappa shape index (κ3) is 8.35. The van der Waals surface area contributed by atoms with Gasteiger partial charge < -0.3 is 16.0 Å². The summed E-state index contributed by atoms with van der Waals surface area (Å²) in [6.07, 6.45) is 1.23. The molecule has 4 amide bonds. The first-order valence-corrected chi connectivity index (χ1v) is 15.2. The molecule has 12 nitrogen and oxygen atoms in total. The third-order valence-electron chi connectivity index (χ3n) is 6.80. The van der Waals surface area contributed by atoms with E-state index in [2.05, 4.69) is 21.1 Å². The number of hydrazone groups is 1. The number of benzene rings is 4. The molecular formula is C34H28N6O6S. The molecule has 3 N–H and O–H groups in total. The normalized spacial score (nSPS) is 13.4. The molecule has 1 heterocycles. The Kier molecular flexibility index (Phi) is 10.2. The van der Waals surface area contributed by atoms with Gasteiger partial charge in [0.2, 0.25) is 5.91 Å². The average Bonchev–Trinajstić information content (AvgIpc) is 3.45. The van der Waals surface area contributed by atoms with Crippen LogP contribution in [0.2, 0.25) is 0 Å². The van der Waals surface area contributed by atoms with Gasteiger partial charge in [0.1, 0.15) is 11.5 Å². The zero-order valence-corrected chi connectivity index (χ0v) is 25.8. The predicted octanol–water partition coefficient (Wildman–Crippen LogP) is 5.35. The van der Waals surface area contributed by atoms with Crippen molar-refractivity contribution >= 4 is 64.4 Å². The molecule has 1 aliphatic rings. The topological polar surface area (TPSA) is 163 Å². The van der Waals surface area contributed by atoms with Gasteiger partial charge in [-0.25, -0.2) is 0 Å². The Morgan fingerprint density at radius 2 is 1.53 bits per heavy atom. The lowest BCUT2D eigenvalue weighted by Crippen LogP contribution is -2.35. The van der Waals surface area contributed by atoms with Crippen molar-refractivity contribution in [1.29, 1.82) is 0 Å². The van der Waals surface area contributed by atoms with Crippen molar-refractivity contribution in [3.8, 4) is 0 Å². The number of amides is 4. The van der Waals surface area contributed by atoms with Gasteiger partial charge in [0.05, 0.1) is 27.8 Å². The van der Waals surface area contributed by atoms with Gasteiger partial charge in [0.25, 0.3) is 23.4 Å². The number of amidine groups is 1. The van der Waals surface area contributed by atoms with Gasteiger partial charge in [-0.05, 0) is 67.6 Å². The van der Waals surface area contributed by atoms with Crippen LogP contribution in [0, 0.1) is 10.1 Å². The first-order chi connectivity index (χ1) is 22.7. The van der Waals surface area contributed by atoms with Gasteiger partial charge in [0, 0.05) is 22.2 Å². The predicted molar refractivity (Wildman–Crippen MR) is 179 cm³/mol. The summed E-state index contributed by atoms with van der Waals surface area (Å²) < 4.78 is 0. The second-order valence-electron chi connectivity index (χ2n) is 10.2. The lowest BCUT2D eigenvalue weighted by atomic mass is 10.1. The maximum absolute atomic E-state index is 13.4. The molecule has 1 atom stereocenters. The van der Waals surface area contributed by atoms with Crippen molar-refractivity contribution < 1.29 is 24.1 Å². The van der Waals surface area contributed by atoms with E-state index in [0.29, 0.717) is 16.9 Å². The number of nitro benzene ring substituents is 1. The van der Waals surface area contributed by atoms with E-state index in [1.165, 1.54) is 41.0 Å². The summed E-state index contributed by atoms with van der Waals surface area (Å²) in [4.78, 5) is 63.3. The number of thioether (sulfide) groups is 1. The molecule has 0 fully saturated rings. The molecule has 5 rings (SSSR count). The molecule has 4 aromatic rings. The minimum atomic E-state index is -0.697. The van der Waals surface area contributed by atoms with Crippen molar-refractivity contribution in [2.24, 2.45) is 5.10 Å². The Morgan fingerprint density at radius 1 is 0.894 bits per heavy atom. The monoisotopic (exact) mass is 648 g/mol. The SMILES string of the molecule is CC(Sc1ccc(NC(=O)/C(=C/c2ccccc2[N+](=O)[O-])NC(=O)c2ccccc2)cc1)C(=O)NC1=NN(c2ccccc2)C(=O)C1. The van der Waals surface area contributed by atoms with Crippen LogP contribution in [0.25, 0.3) is 6.08 Å². The second kappa shape index (κ2) is 14.8. The summed E-state index contributed by atoms with van der Waals surface area (Å²) in [7, 11) is 0. The Hall–Kier alpha value is -6.08. The quantitative estimate of drug-likeness (QED) is 0.0903. The number of anilines is 2. The molecule has 0 radical (unpaired) electrons. The number of carbonyl (C=O) groups is 4. The number of nitro groups is 1. The molecule has 47 heavy (non-hydrogen) atoms. The largest absolute Gasteiger partial charge is 0.321 e. The highest BCUT2D eigenvalue weighted by Crippen LogP contribution is 2.26. The Labute approximate surface area is 273 Å². The fourth-order valence-electron chi connectivity index (χ4n) is 4.46. The highest BCUT2D eigenvalue weighted by atomic mass is 32.2. The van der Waals surface area contributed by atoms with Crippen molar-refractivity contribution in [3.63, 3.8) is 0 Å². The van der Waals surface area contributed by atoms with Gasteiger partial charge in [-0.1, -0.05) is 48.5 Å². The van der Waals surface area contributed by atoms with Crippen LogP contribution >= 0.6 is 11.8 Å². The summed E-state index contributed by atoms with van der Waals surface area (Å²) in [6, 6.07) is 29.7. The summed E-state index contributed by atoms with van der Waals surface area (Å²) >= 11 is 1.27. The Balaban J connectivity index is 1.24. The van der Waals surface area contributed by atoms with Crippen molar-refractivity contribution in [1.82, 2.24) is 10.6 Å². The minimum absolute atomic E-state index is 0.0216. The summed E-state index contributed by atoms with van der Waals surface area (Å²) in [6.45, 7) is 1.72. The number of hydrogen-bond donors (Lipinski definition) is 3. The molecule has 1 unspecified atom stereocenters. The fourth-order valence-corrected chi connectivity index (χ4v) is 5.33. The molecule has 0 bridgehead atoms. The smallest absolute Gasteiger partial charge is 0.276 e. The van der Waals surface area contributed by atoms with Crippen LogP contribution in [0.1, 0.15) is 29.3 Å². The molecule has 236 valence electrons. The number of para-hydroxylation sites is 2. The zero-order chi connectivity index (χ0) is 33.3. The van der Waals surface area contributed by atoms with E-state index in [4.69, 9.17) is 0 Å². The maximum Gasteiger partial charge on any atom is 0.276 e. The molecule has 1 aliphatic heterocycles. The van der Waals surface area contributed by atoms with E-state index >= 15 is 0 Å². The van der Waals surface area contributed by atoms with Crippen LogP contribution < -0.4 is 21.0 Å². The summed E-state index contributed by atoms with van der Waals surface area (Å²) in [5.74, 6) is -1.57. The molecule has 0 aliphatic carbocycles. The number of carbonyl (C=O) groups excluding carboxylic acids is 4. The summed E-state index contributed by atoms with van der Waals surface area (Å²) in [5, 5.41) is 24.5. The highest BCUT2D eigenvalue weighted by molar-refractivity contribution is 8.00. The van der Waals surface area contributed by atoms with Crippen LogP contribution in [-0.2, 0) is 14.4 Å². The summed E-state index contributed by atoms with van der Waals surface area (Å²) in [5.41, 5.74) is 1.00. The first kappa shape index (κ1) is 32.3. The van der Waals surface area contributed by atoms with Crippen molar-refractivity contribution in [3.05, 3.63) is 136 Å². The highest BCUT2D eigenvalue weighted by Gasteiger charge is 2.27. The van der Waals surface area contributed by atoms with Gasteiger partial charge >= 0.3 is 0 Å². The van der Waals surface area contributed by atoms with Crippen LogP contribution in [0.4, 0.5) is 17.1 Å².